The summed E-state index contributed by atoms with van der Waals surface area (Å²) in [5.41, 5.74) is -0.426. The normalized spacial score (nSPS) is 16.2. The van der Waals surface area contributed by atoms with Crippen LogP contribution in [0.15, 0.2) is 27.5 Å². The summed E-state index contributed by atoms with van der Waals surface area (Å²) in [5, 5.41) is 0. The minimum absolute atomic E-state index is 0.0524. The van der Waals surface area contributed by atoms with Crippen LogP contribution in [-0.2, 0) is 19.6 Å². The number of esters is 1. The van der Waals surface area contributed by atoms with Crippen molar-refractivity contribution in [3.63, 3.8) is 0 Å². The molecule has 0 fully saturated rings. The molecule has 0 amide bonds. The second-order valence-corrected chi connectivity index (χ2v) is 4.85. The summed E-state index contributed by atoms with van der Waals surface area (Å²) in [5.74, 6) is -1.52. The Morgan fingerprint density at radius 3 is 2.82 bits per heavy atom. The van der Waals surface area contributed by atoms with Crippen molar-refractivity contribution in [1.29, 1.82) is 0 Å². The van der Waals surface area contributed by atoms with E-state index in [1.54, 1.807) is 6.92 Å². The minimum atomic E-state index is -3.91. The lowest BCUT2D eigenvalue weighted by molar-refractivity contribution is -0.134. The van der Waals surface area contributed by atoms with Gasteiger partial charge in [0, 0.05) is 5.56 Å². The smallest absolute Gasteiger partial charge is 0.358 e. The second kappa shape index (κ2) is 3.92. The number of nitrogens with zero attached hydrogens (tertiary/aromatic N) is 1. The first-order valence-corrected chi connectivity index (χ1v) is 6.21. The van der Waals surface area contributed by atoms with E-state index in [1.807, 2.05) is 0 Å². The molecule has 0 radical (unpaired) electrons. The van der Waals surface area contributed by atoms with Crippen molar-refractivity contribution in [2.45, 2.75) is 11.8 Å². The summed E-state index contributed by atoms with van der Waals surface area (Å²) < 4.78 is 44.1. The zero-order valence-electron chi connectivity index (χ0n) is 8.81. The molecule has 1 aromatic rings. The molecule has 1 aliphatic rings. The first kappa shape index (κ1) is 11.7. The maximum Gasteiger partial charge on any atom is 0.358 e. The molecule has 0 N–H and O–H groups in total. The number of ether oxygens (including phenoxy) is 1. The summed E-state index contributed by atoms with van der Waals surface area (Å²) in [6.07, 6.45) is 0. The van der Waals surface area contributed by atoms with Gasteiger partial charge in [0.2, 0.25) is 0 Å². The predicted octanol–water partition coefficient (Wildman–Crippen LogP) is 0.880. The number of carbonyl (C=O) groups excluding carboxylic acids is 1. The Bertz CT molecular complexity index is 621. The largest absolute Gasteiger partial charge is 0.461 e. The van der Waals surface area contributed by atoms with Gasteiger partial charge in [-0.25, -0.2) is 9.18 Å². The van der Waals surface area contributed by atoms with E-state index in [0.29, 0.717) is 0 Å². The molecule has 2 rings (SSSR count). The molecule has 1 aromatic carbocycles. The Balaban J connectivity index is 2.59. The van der Waals surface area contributed by atoms with Crippen molar-refractivity contribution in [2.75, 3.05) is 6.61 Å². The van der Waals surface area contributed by atoms with E-state index in [0.717, 1.165) is 18.2 Å². The summed E-state index contributed by atoms with van der Waals surface area (Å²) in [7, 11) is -3.91. The summed E-state index contributed by atoms with van der Waals surface area (Å²) in [6, 6.07) is 3.03. The van der Waals surface area contributed by atoms with Crippen LogP contribution in [0.1, 0.15) is 12.5 Å². The van der Waals surface area contributed by atoms with Gasteiger partial charge in [-0.05, 0) is 25.1 Å². The van der Waals surface area contributed by atoms with Gasteiger partial charge in [0.25, 0.3) is 10.0 Å². The number of benzene rings is 1. The lowest BCUT2D eigenvalue weighted by atomic mass is 10.1. The van der Waals surface area contributed by atoms with Gasteiger partial charge in [-0.15, -0.1) is 0 Å². The molecule has 0 saturated carbocycles. The Kier molecular flexibility index (Phi) is 2.70. The van der Waals surface area contributed by atoms with Crippen LogP contribution in [0.5, 0.6) is 0 Å². The second-order valence-electron chi connectivity index (χ2n) is 3.28. The molecule has 17 heavy (non-hydrogen) atoms. The summed E-state index contributed by atoms with van der Waals surface area (Å²) in [4.78, 5) is 11.3. The molecule has 0 saturated heterocycles. The van der Waals surface area contributed by atoms with Crippen LogP contribution in [0.2, 0.25) is 0 Å². The lowest BCUT2D eigenvalue weighted by Gasteiger charge is -2.01. The van der Waals surface area contributed by atoms with Crippen molar-refractivity contribution >= 4 is 21.7 Å². The molecule has 0 unspecified atom stereocenters. The molecule has 90 valence electrons. The summed E-state index contributed by atoms with van der Waals surface area (Å²) >= 11 is 0. The van der Waals surface area contributed by atoms with Gasteiger partial charge in [-0.1, -0.05) is 0 Å². The highest BCUT2D eigenvalue weighted by molar-refractivity contribution is 7.90. The third-order valence-corrected chi connectivity index (χ3v) is 3.49. The van der Waals surface area contributed by atoms with Crippen LogP contribution in [0.4, 0.5) is 4.39 Å². The van der Waals surface area contributed by atoms with Gasteiger partial charge in [0.1, 0.15) is 5.82 Å². The molecule has 0 atom stereocenters. The molecule has 5 nitrogen and oxygen atoms in total. The van der Waals surface area contributed by atoms with Crippen molar-refractivity contribution in [2.24, 2.45) is 4.40 Å². The molecule has 0 aliphatic carbocycles. The maximum atomic E-state index is 13.0. The van der Waals surface area contributed by atoms with Crippen molar-refractivity contribution in [3.05, 3.63) is 29.6 Å². The predicted molar refractivity (Wildman–Crippen MR) is 56.8 cm³/mol. The number of hydrogen-bond donors (Lipinski definition) is 0. The van der Waals surface area contributed by atoms with Gasteiger partial charge < -0.3 is 4.74 Å². The first-order chi connectivity index (χ1) is 7.95. The van der Waals surface area contributed by atoms with Crippen LogP contribution in [0.3, 0.4) is 0 Å². The fourth-order valence-corrected chi connectivity index (χ4v) is 2.66. The van der Waals surface area contributed by atoms with Crippen LogP contribution in [0, 0.1) is 5.82 Å². The van der Waals surface area contributed by atoms with Crippen molar-refractivity contribution in [1.82, 2.24) is 0 Å². The standard InChI is InChI=1S/C10H8FNO4S/c1-2-16-10(13)9-7-5-6(11)3-4-8(7)17(14,15)12-9/h3-5H,2H2,1H3. The first-order valence-electron chi connectivity index (χ1n) is 4.77. The Hall–Kier alpha value is -1.76. The van der Waals surface area contributed by atoms with Crippen LogP contribution >= 0.6 is 0 Å². The van der Waals surface area contributed by atoms with Gasteiger partial charge in [-0.2, -0.15) is 12.8 Å². The number of fused-ring (bicyclic) bond motifs is 1. The van der Waals surface area contributed by atoms with Gasteiger partial charge >= 0.3 is 5.97 Å². The number of carbonyl (C=O) groups is 1. The monoisotopic (exact) mass is 257 g/mol. The lowest BCUT2D eigenvalue weighted by Crippen LogP contribution is -2.17. The van der Waals surface area contributed by atoms with Crippen LogP contribution in [0.25, 0.3) is 0 Å². The number of sulfonamides is 1. The topological polar surface area (TPSA) is 72.8 Å². The van der Waals surface area contributed by atoms with Gasteiger partial charge in [0.15, 0.2) is 5.71 Å². The molecule has 0 aromatic heterocycles. The van der Waals surface area contributed by atoms with E-state index in [-0.39, 0.29) is 22.8 Å². The van der Waals surface area contributed by atoms with E-state index < -0.39 is 21.8 Å². The molecular formula is C10H8FNO4S. The molecular weight excluding hydrogens is 249 g/mol. The molecule has 1 heterocycles. The highest BCUT2D eigenvalue weighted by Crippen LogP contribution is 2.27. The average Bonchev–Trinajstić information content (AvgIpc) is 2.51. The van der Waals surface area contributed by atoms with Crippen LogP contribution < -0.4 is 0 Å². The quantitative estimate of drug-likeness (QED) is 0.737. The fraction of sp³-hybridized carbons (Fsp3) is 0.200. The molecule has 0 spiro atoms. The number of rotatable bonds is 2. The third-order valence-electron chi connectivity index (χ3n) is 2.15. The van der Waals surface area contributed by atoms with Crippen molar-refractivity contribution < 1.29 is 22.3 Å². The van der Waals surface area contributed by atoms with E-state index in [1.165, 1.54) is 0 Å². The van der Waals surface area contributed by atoms with E-state index in [9.17, 15) is 17.6 Å². The van der Waals surface area contributed by atoms with Gasteiger partial charge in [0.05, 0.1) is 11.5 Å². The van der Waals surface area contributed by atoms with E-state index in [4.69, 9.17) is 0 Å². The number of halogens is 1. The number of hydrogen-bond acceptors (Lipinski definition) is 4. The highest BCUT2D eigenvalue weighted by Gasteiger charge is 2.33. The Labute approximate surface area is 97.0 Å². The van der Waals surface area contributed by atoms with Crippen molar-refractivity contribution in [3.8, 4) is 0 Å². The Morgan fingerprint density at radius 1 is 1.47 bits per heavy atom. The van der Waals surface area contributed by atoms with Crippen LogP contribution in [-0.4, -0.2) is 26.7 Å². The fourth-order valence-electron chi connectivity index (χ4n) is 1.48. The van der Waals surface area contributed by atoms with E-state index in [2.05, 4.69) is 9.13 Å². The molecule has 0 bridgehead atoms. The Morgan fingerprint density at radius 2 is 2.18 bits per heavy atom. The molecule has 1 aliphatic heterocycles. The highest BCUT2D eigenvalue weighted by atomic mass is 32.2. The van der Waals surface area contributed by atoms with Gasteiger partial charge in [-0.3, -0.25) is 0 Å². The zero-order valence-corrected chi connectivity index (χ0v) is 9.62. The zero-order chi connectivity index (χ0) is 12.6. The maximum absolute atomic E-state index is 13.0. The molecule has 7 heteroatoms. The SMILES string of the molecule is CCOC(=O)C1=NS(=O)(=O)c2ccc(F)cc21. The average molecular weight is 257 g/mol. The minimum Gasteiger partial charge on any atom is -0.461 e. The summed E-state index contributed by atoms with van der Waals surface area (Å²) in [6.45, 7) is 1.66. The third kappa shape index (κ3) is 1.93. The van der Waals surface area contributed by atoms with E-state index >= 15 is 0 Å².